The zero-order chi connectivity index (χ0) is 40.6. The Kier molecular flexibility index (Phi) is 10.4. The van der Waals surface area contributed by atoms with Crippen molar-refractivity contribution in [2.75, 3.05) is 36.0 Å². The lowest BCUT2D eigenvalue weighted by Gasteiger charge is -2.33. The van der Waals surface area contributed by atoms with Crippen molar-refractivity contribution < 1.29 is 23.6 Å². The fourth-order valence-corrected chi connectivity index (χ4v) is 7.52. The molecular formula is C44H47N9O5. The third kappa shape index (κ3) is 8.13. The quantitative estimate of drug-likeness (QED) is 0.126. The van der Waals surface area contributed by atoms with Gasteiger partial charge in [0.2, 0.25) is 11.8 Å². The summed E-state index contributed by atoms with van der Waals surface area (Å²) < 4.78 is 11.4. The van der Waals surface area contributed by atoms with Gasteiger partial charge in [0.1, 0.15) is 11.4 Å². The minimum Gasteiger partial charge on any atom is -0.493 e. The molecule has 0 saturated carbocycles. The highest BCUT2D eigenvalue weighted by Crippen LogP contribution is 2.33. The first-order valence-corrected chi connectivity index (χ1v) is 19.7. The largest absolute Gasteiger partial charge is 0.493 e. The maximum Gasteiger partial charge on any atom is 0.328 e. The molecule has 6 aromatic rings. The lowest BCUT2D eigenvalue weighted by molar-refractivity contribution is -0.120. The van der Waals surface area contributed by atoms with Crippen molar-refractivity contribution in [2.45, 2.75) is 65.3 Å². The molecule has 0 bridgehead atoms. The lowest BCUT2D eigenvalue weighted by Crippen LogP contribution is -2.49. The summed E-state index contributed by atoms with van der Waals surface area (Å²) in [5, 5.41) is 17.9. The second-order valence-corrected chi connectivity index (χ2v) is 16.2. The Morgan fingerprint density at radius 1 is 0.948 bits per heavy atom. The summed E-state index contributed by atoms with van der Waals surface area (Å²) in [5.41, 5.74) is 8.10. The number of carbonyl (C=O) groups is 3. The predicted octanol–water partition coefficient (Wildman–Crippen LogP) is 7.51. The Morgan fingerprint density at radius 3 is 2.36 bits per heavy atom. The number of benzene rings is 3. The molecule has 2 aliphatic rings. The number of H-pyrrole nitrogens is 1. The number of pyridine rings is 1. The minimum absolute atomic E-state index is 0.0175. The number of anilines is 2. The second-order valence-electron chi connectivity index (χ2n) is 16.2. The normalized spacial score (nSPS) is 15.7. The van der Waals surface area contributed by atoms with E-state index in [1.807, 2.05) is 77.2 Å². The van der Waals surface area contributed by atoms with Gasteiger partial charge in [-0.25, -0.2) is 9.78 Å². The van der Waals surface area contributed by atoms with E-state index in [1.54, 1.807) is 4.90 Å². The summed E-state index contributed by atoms with van der Waals surface area (Å²) in [6.45, 7) is 12.7. The molecule has 3 N–H and O–H groups in total. The van der Waals surface area contributed by atoms with E-state index in [0.29, 0.717) is 37.0 Å². The summed E-state index contributed by atoms with van der Waals surface area (Å²) >= 11 is 0. The van der Waals surface area contributed by atoms with Crippen molar-refractivity contribution in [3.63, 3.8) is 0 Å². The second kappa shape index (κ2) is 15.8. The van der Waals surface area contributed by atoms with Crippen molar-refractivity contribution in [3.05, 3.63) is 102 Å². The molecule has 298 valence electrons. The van der Waals surface area contributed by atoms with Gasteiger partial charge in [0.15, 0.2) is 5.65 Å². The van der Waals surface area contributed by atoms with E-state index >= 15 is 0 Å². The summed E-state index contributed by atoms with van der Waals surface area (Å²) in [4.78, 5) is 49.5. The third-order valence-electron chi connectivity index (χ3n) is 10.9. The topological polar surface area (TPSA) is 171 Å². The van der Waals surface area contributed by atoms with Crippen molar-refractivity contribution in [3.8, 4) is 28.1 Å². The number of ether oxygens (including phenoxy) is 1. The zero-order valence-electron chi connectivity index (χ0n) is 33.3. The Bertz CT molecular complexity index is 2460. The van der Waals surface area contributed by atoms with Crippen LogP contribution in [0.4, 0.5) is 16.2 Å². The van der Waals surface area contributed by atoms with Gasteiger partial charge in [0.25, 0.3) is 11.7 Å². The van der Waals surface area contributed by atoms with Gasteiger partial charge in [0, 0.05) is 65.6 Å². The maximum absolute atomic E-state index is 12.9. The van der Waals surface area contributed by atoms with Crippen LogP contribution in [0.1, 0.15) is 80.6 Å². The Labute approximate surface area is 336 Å². The molecular weight excluding hydrogens is 735 g/mol. The molecule has 5 heterocycles. The van der Waals surface area contributed by atoms with Crippen LogP contribution in [0.15, 0.2) is 83.5 Å². The molecule has 0 aliphatic carbocycles. The average molecular weight is 782 g/mol. The van der Waals surface area contributed by atoms with Gasteiger partial charge >= 0.3 is 6.03 Å². The maximum atomic E-state index is 12.9. The number of nitrogens with zero attached hydrogens (tertiary/aromatic N) is 6. The smallest absolute Gasteiger partial charge is 0.328 e. The number of amides is 4. The van der Waals surface area contributed by atoms with E-state index in [9.17, 15) is 14.4 Å². The zero-order valence-corrected chi connectivity index (χ0v) is 33.3. The molecule has 14 nitrogen and oxygen atoms in total. The fourth-order valence-electron chi connectivity index (χ4n) is 7.52. The average Bonchev–Trinajstić information content (AvgIpc) is 3.89. The highest BCUT2D eigenvalue weighted by Gasteiger charge is 2.27. The van der Waals surface area contributed by atoms with Gasteiger partial charge in [-0.2, -0.15) is 10.1 Å². The summed E-state index contributed by atoms with van der Waals surface area (Å²) in [6.07, 6.45) is 4.22. The number of aryl methyl sites for hydroxylation is 1. The van der Waals surface area contributed by atoms with Gasteiger partial charge < -0.3 is 19.5 Å². The molecule has 2 saturated heterocycles. The highest BCUT2D eigenvalue weighted by atomic mass is 16.5. The monoisotopic (exact) mass is 781 g/mol. The molecule has 1 unspecified atom stereocenters. The number of urea groups is 1. The van der Waals surface area contributed by atoms with Crippen LogP contribution in [-0.2, 0) is 10.2 Å². The number of carbonyl (C=O) groups excluding carboxylic acids is 3. The molecule has 3 aromatic carbocycles. The van der Waals surface area contributed by atoms with Crippen LogP contribution in [-0.4, -0.2) is 69.4 Å². The molecule has 2 aliphatic heterocycles. The number of aromatic nitrogens is 5. The van der Waals surface area contributed by atoms with Crippen molar-refractivity contribution >= 4 is 40.3 Å². The van der Waals surface area contributed by atoms with Crippen LogP contribution < -0.4 is 25.2 Å². The minimum atomic E-state index is -0.391. The Balaban J connectivity index is 0.865. The van der Waals surface area contributed by atoms with E-state index in [0.717, 1.165) is 76.3 Å². The van der Waals surface area contributed by atoms with Gasteiger partial charge in [-0.3, -0.25) is 24.9 Å². The predicted molar refractivity (Wildman–Crippen MR) is 221 cm³/mol. The molecule has 3 aromatic heterocycles. The van der Waals surface area contributed by atoms with Crippen LogP contribution >= 0.6 is 0 Å². The number of piperidine rings is 1. The van der Waals surface area contributed by atoms with E-state index in [2.05, 4.69) is 72.3 Å². The van der Waals surface area contributed by atoms with Crippen LogP contribution in [0.2, 0.25) is 0 Å². The van der Waals surface area contributed by atoms with Crippen molar-refractivity contribution in [1.29, 1.82) is 0 Å². The lowest BCUT2D eigenvalue weighted by atomic mass is 9.96. The first-order valence-electron chi connectivity index (χ1n) is 19.7. The van der Waals surface area contributed by atoms with Gasteiger partial charge in [-0.1, -0.05) is 50.2 Å². The Morgan fingerprint density at radius 2 is 1.67 bits per heavy atom. The number of imide groups is 1. The number of hydrogen-bond acceptors (Lipinski definition) is 10. The van der Waals surface area contributed by atoms with E-state index < -0.39 is 6.03 Å². The van der Waals surface area contributed by atoms with E-state index in [1.165, 1.54) is 5.69 Å². The van der Waals surface area contributed by atoms with Crippen LogP contribution in [0.5, 0.6) is 5.75 Å². The van der Waals surface area contributed by atoms with Gasteiger partial charge in [0.05, 0.1) is 12.6 Å². The van der Waals surface area contributed by atoms with Crippen LogP contribution in [0, 0.1) is 12.8 Å². The first kappa shape index (κ1) is 38.3. The molecule has 1 atom stereocenters. The van der Waals surface area contributed by atoms with Crippen LogP contribution in [0.3, 0.4) is 0 Å². The number of fused-ring (bicyclic) bond motifs is 1. The summed E-state index contributed by atoms with van der Waals surface area (Å²) in [6, 6.07) is 23.7. The van der Waals surface area contributed by atoms with Crippen molar-refractivity contribution in [1.82, 2.24) is 36.0 Å². The molecule has 58 heavy (non-hydrogen) atoms. The molecule has 8 rings (SSSR count). The molecule has 4 amide bonds. The molecule has 0 spiro atoms. The molecule has 14 heteroatoms. The fraction of sp³-hybridized carbons (Fsp3) is 0.341. The highest BCUT2D eigenvalue weighted by molar-refractivity contribution is 6.05. The van der Waals surface area contributed by atoms with Crippen LogP contribution in [0.25, 0.3) is 33.4 Å². The van der Waals surface area contributed by atoms with Gasteiger partial charge in [-0.05, 0) is 97.8 Å². The van der Waals surface area contributed by atoms with Gasteiger partial charge in [-0.15, -0.1) is 0 Å². The summed E-state index contributed by atoms with van der Waals surface area (Å²) in [5.74, 6) is 1.01. The molecule has 0 radical (unpaired) electrons. The molecule has 2 fully saturated rings. The first-order chi connectivity index (χ1) is 27.9. The number of hydrogen-bond donors (Lipinski definition) is 3. The third-order valence-corrected chi connectivity index (χ3v) is 10.9. The summed E-state index contributed by atoms with van der Waals surface area (Å²) in [7, 11) is 0. The van der Waals surface area contributed by atoms with Crippen molar-refractivity contribution in [2.24, 2.45) is 5.92 Å². The SMILES string of the molecule is Cc1cc(-c2n[nH]c3ncc(-c4ccc(N5CCC(COc6ccc(N7CCC(=O)NC7=O)cc6)CC5)cc4)cc23)ccc1C(C)NC(=O)c1noc(C(C)(C)C)n1. The standard InChI is InChI=1S/C44H47N9O5/c1-26-22-30(8-15-35(26)27(2)46-41(55)40-48-42(58-51-40)44(3,4)5)38-36-23-31(24-45-39(36)50-49-38)29-6-9-32(10-7-29)52-19-16-28(17-20-52)25-57-34-13-11-33(12-14-34)53-21-18-37(54)47-43(53)56/h6-15,22-24,27-28H,16-21,25H2,1-5H3,(H,46,55)(H,45,49,50)(H,47,54,56). The number of rotatable bonds is 10. The number of nitrogens with one attached hydrogen (secondary N) is 3. The van der Waals surface area contributed by atoms with E-state index in [-0.39, 0.29) is 29.1 Å². The Hall–Kier alpha value is -6.57. The van der Waals surface area contributed by atoms with E-state index in [4.69, 9.17) is 14.2 Å². The number of aromatic amines is 1.